The van der Waals surface area contributed by atoms with Crippen LogP contribution in [-0.4, -0.2) is 16.7 Å². The Bertz CT molecular complexity index is 139. The average molecular weight is 112 g/mol. The summed E-state index contributed by atoms with van der Waals surface area (Å²) in [4.78, 5) is 0. The second-order valence-electron chi connectivity index (χ2n) is 1.65. The fourth-order valence-corrected chi connectivity index (χ4v) is 0.561. The highest BCUT2D eigenvalue weighted by molar-refractivity contribution is 5.13. The summed E-state index contributed by atoms with van der Waals surface area (Å²) >= 11 is 0. The number of aliphatic hydroxyl groups is 1. The minimum Gasteiger partial charge on any atom is -0.506 e. The predicted octanol–water partition coefficient (Wildman–Crippen LogP) is 0.131. The lowest BCUT2D eigenvalue weighted by Gasteiger charge is -2.13. The zero-order valence-electron chi connectivity index (χ0n) is 4.41. The number of hydrogen-bond acceptors (Lipinski definition) is 3. The van der Waals surface area contributed by atoms with E-state index in [4.69, 9.17) is 10.9 Å². The van der Waals surface area contributed by atoms with Crippen LogP contribution >= 0.6 is 0 Å². The Balaban J connectivity index is 2.63. The fourth-order valence-electron chi connectivity index (χ4n) is 0.561. The molecule has 0 unspecified atom stereocenters. The van der Waals surface area contributed by atoms with Crippen LogP contribution in [-0.2, 0) is 0 Å². The van der Waals surface area contributed by atoms with Gasteiger partial charge in [-0.25, -0.2) is 5.84 Å². The molecule has 1 rings (SSSR count). The van der Waals surface area contributed by atoms with E-state index in [0.29, 0.717) is 6.54 Å². The third kappa shape index (κ3) is 1.01. The lowest BCUT2D eigenvalue weighted by Crippen LogP contribution is -2.27. The number of nitrogens with two attached hydrogens (primary N) is 1. The highest BCUT2D eigenvalue weighted by Crippen LogP contribution is 1.98. The van der Waals surface area contributed by atoms with E-state index in [0.717, 1.165) is 0 Å². The minimum atomic E-state index is 0.207. The molecule has 1 aliphatic rings. The van der Waals surface area contributed by atoms with Gasteiger partial charge >= 0.3 is 0 Å². The summed E-state index contributed by atoms with van der Waals surface area (Å²) in [6.07, 6.45) is 4.87. The van der Waals surface area contributed by atoms with E-state index >= 15 is 0 Å². The molecular formula is C5H8N2O. The lowest BCUT2D eigenvalue weighted by molar-refractivity contribution is 0.365. The van der Waals surface area contributed by atoms with Gasteiger partial charge in [0.1, 0.15) is 5.76 Å². The number of hydrogen-bond donors (Lipinski definition) is 2. The van der Waals surface area contributed by atoms with Crippen molar-refractivity contribution in [2.75, 3.05) is 6.54 Å². The molecule has 0 spiro atoms. The largest absolute Gasteiger partial charge is 0.506 e. The second kappa shape index (κ2) is 1.88. The molecule has 3 nitrogen and oxygen atoms in total. The molecule has 1 aliphatic heterocycles. The molecule has 0 bridgehead atoms. The Morgan fingerprint density at radius 1 is 1.75 bits per heavy atom. The topological polar surface area (TPSA) is 49.5 Å². The standard InChI is InChI=1S/C5H8N2O/c6-7-3-1-2-5(8)4-7/h1-2,4,8H,3,6H2. The summed E-state index contributed by atoms with van der Waals surface area (Å²) in [6.45, 7) is 0.671. The van der Waals surface area contributed by atoms with Gasteiger partial charge in [0.2, 0.25) is 0 Å². The molecule has 0 aromatic heterocycles. The quantitative estimate of drug-likeness (QED) is 0.438. The highest BCUT2D eigenvalue weighted by atomic mass is 16.3. The molecule has 0 fully saturated rings. The Hall–Kier alpha value is -0.960. The molecule has 0 radical (unpaired) electrons. The van der Waals surface area contributed by atoms with Crippen molar-refractivity contribution in [3.8, 4) is 0 Å². The van der Waals surface area contributed by atoms with Crippen molar-refractivity contribution in [1.82, 2.24) is 5.01 Å². The van der Waals surface area contributed by atoms with Crippen LogP contribution in [0, 0.1) is 0 Å². The van der Waals surface area contributed by atoms with Crippen LogP contribution in [0.15, 0.2) is 24.1 Å². The summed E-state index contributed by atoms with van der Waals surface area (Å²) in [5.41, 5.74) is 0. The van der Waals surface area contributed by atoms with E-state index in [1.165, 1.54) is 11.2 Å². The highest BCUT2D eigenvalue weighted by Gasteiger charge is 1.95. The predicted molar refractivity (Wildman–Crippen MR) is 30.7 cm³/mol. The molecule has 0 saturated heterocycles. The van der Waals surface area contributed by atoms with Crippen molar-refractivity contribution in [3.63, 3.8) is 0 Å². The minimum absolute atomic E-state index is 0.207. The number of rotatable bonds is 0. The molecule has 3 heteroatoms. The maximum Gasteiger partial charge on any atom is 0.132 e. The number of nitrogens with zero attached hydrogens (tertiary/aromatic N) is 1. The molecule has 0 aromatic rings. The summed E-state index contributed by atoms with van der Waals surface area (Å²) in [5, 5.41) is 10.1. The molecule has 1 heterocycles. The van der Waals surface area contributed by atoms with Gasteiger partial charge in [0.25, 0.3) is 0 Å². The van der Waals surface area contributed by atoms with E-state index in [9.17, 15) is 0 Å². The van der Waals surface area contributed by atoms with E-state index < -0.39 is 0 Å². The van der Waals surface area contributed by atoms with Crippen molar-refractivity contribution in [2.24, 2.45) is 5.84 Å². The van der Waals surface area contributed by atoms with Crippen LogP contribution in [0.4, 0.5) is 0 Å². The maximum atomic E-state index is 8.73. The first-order valence-electron chi connectivity index (χ1n) is 2.38. The Morgan fingerprint density at radius 2 is 2.50 bits per heavy atom. The van der Waals surface area contributed by atoms with Crippen LogP contribution in [0.25, 0.3) is 0 Å². The first-order chi connectivity index (χ1) is 3.79. The molecule has 0 aliphatic carbocycles. The van der Waals surface area contributed by atoms with Crippen LogP contribution in [0.1, 0.15) is 0 Å². The zero-order valence-corrected chi connectivity index (χ0v) is 4.41. The molecular weight excluding hydrogens is 104 g/mol. The van der Waals surface area contributed by atoms with E-state index in [2.05, 4.69) is 0 Å². The average Bonchev–Trinajstić information content (AvgIpc) is 1.64. The van der Waals surface area contributed by atoms with Crippen molar-refractivity contribution < 1.29 is 5.11 Å². The van der Waals surface area contributed by atoms with Gasteiger partial charge in [-0.15, -0.1) is 0 Å². The van der Waals surface area contributed by atoms with Crippen LogP contribution in [0.2, 0.25) is 0 Å². The van der Waals surface area contributed by atoms with Crippen LogP contribution in [0.5, 0.6) is 0 Å². The smallest absolute Gasteiger partial charge is 0.132 e. The first kappa shape index (κ1) is 5.18. The van der Waals surface area contributed by atoms with Gasteiger partial charge in [0, 0.05) is 0 Å². The van der Waals surface area contributed by atoms with Gasteiger partial charge in [-0.2, -0.15) is 0 Å². The Labute approximate surface area is 47.7 Å². The molecule has 0 aromatic carbocycles. The van der Waals surface area contributed by atoms with Crippen molar-refractivity contribution in [3.05, 3.63) is 24.1 Å². The SMILES string of the molecule is NN1C=C(O)C=CC1. The van der Waals surface area contributed by atoms with Gasteiger partial charge in [-0.1, -0.05) is 6.08 Å². The first-order valence-corrected chi connectivity index (χ1v) is 2.38. The summed E-state index contributed by atoms with van der Waals surface area (Å²) in [7, 11) is 0. The summed E-state index contributed by atoms with van der Waals surface area (Å²) in [6, 6.07) is 0. The normalized spacial score (nSPS) is 18.6. The Morgan fingerprint density at radius 3 is 2.88 bits per heavy atom. The second-order valence-corrected chi connectivity index (χ2v) is 1.65. The third-order valence-electron chi connectivity index (χ3n) is 0.903. The fraction of sp³-hybridized carbons (Fsp3) is 0.200. The van der Waals surface area contributed by atoms with E-state index in [1.807, 2.05) is 0 Å². The monoisotopic (exact) mass is 112 g/mol. The summed E-state index contributed by atoms with van der Waals surface area (Å²) < 4.78 is 0. The van der Waals surface area contributed by atoms with Gasteiger partial charge in [0.05, 0.1) is 12.7 Å². The van der Waals surface area contributed by atoms with Gasteiger partial charge in [-0.3, -0.25) is 0 Å². The zero-order chi connectivity index (χ0) is 5.98. The number of hydrazine groups is 1. The van der Waals surface area contributed by atoms with Crippen molar-refractivity contribution in [1.29, 1.82) is 0 Å². The van der Waals surface area contributed by atoms with Gasteiger partial charge < -0.3 is 10.1 Å². The third-order valence-corrected chi connectivity index (χ3v) is 0.903. The van der Waals surface area contributed by atoms with E-state index in [-0.39, 0.29) is 5.76 Å². The summed E-state index contributed by atoms with van der Waals surface area (Å²) in [5.74, 6) is 5.48. The van der Waals surface area contributed by atoms with Crippen LogP contribution in [0.3, 0.4) is 0 Å². The van der Waals surface area contributed by atoms with Crippen molar-refractivity contribution in [2.45, 2.75) is 0 Å². The molecule has 0 atom stereocenters. The van der Waals surface area contributed by atoms with Gasteiger partial charge in [0.15, 0.2) is 0 Å². The molecule has 0 saturated carbocycles. The molecule has 0 amide bonds. The van der Waals surface area contributed by atoms with E-state index in [1.54, 1.807) is 12.2 Å². The molecule has 8 heavy (non-hydrogen) atoms. The Kier molecular flexibility index (Phi) is 1.22. The lowest BCUT2D eigenvalue weighted by atomic mass is 10.4. The molecule has 3 N–H and O–H groups in total. The van der Waals surface area contributed by atoms with Gasteiger partial charge in [-0.05, 0) is 6.08 Å². The number of aliphatic hydroxyl groups excluding tert-OH is 1. The molecule has 44 valence electrons. The maximum absolute atomic E-state index is 8.73. The number of allylic oxidation sites excluding steroid dienone is 1. The van der Waals surface area contributed by atoms with Crippen LogP contribution < -0.4 is 5.84 Å². The van der Waals surface area contributed by atoms with Crippen molar-refractivity contribution >= 4 is 0 Å².